The van der Waals surface area contributed by atoms with Gasteiger partial charge in [-0.1, -0.05) is 0 Å². The maximum Gasteiger partial charge on any atom is 0.230 e. The van der Waals surface area contributed by atoms with Gasteiger partial charge in [-0.05, 0) is 72.8 Å². The molecule has 30 heteroatoms. The molecule has 0 spiro atoms. The molecule has 30 nitrogen and oxygen atoms in total. The summed E-state index contributed by atoms with van der Waals surface area (Å²) in [6, 6.07) is -1.31. The van der Waals surface area contributed by atoms with Gasteiger partial charge in [-0.15, -0.1) is 0 Å². The number of Topliss-reactive ketones (excluding diaryl/α,β-unsaturated/α-hetero) is 6. The third-order valence-electron chi connectivity index (χ3n) is 12.4. The van der Waals surface area contributed by atoms with E-state index in [1.165, 1.54) is 0 Å². The number of rotatable bonds is 17. The Morgan fingerprint density at radius 1 is 0.256 bits per heavy atom. The van der Waals surface area contributed by atoms with Crippen LogP contribution in [0.1, 0.15) is 62.1 Å². The molecular formula is C48H38O30. The summed E-state index contributed by atoms with van der Waals surface area (Å²) in [7, 11) is 0. The third kappa shape index (κ3) is 8.01. The highest BCUT2D eigenvalue weighted by Gasteiger charge is 2.86. The van der Waals surface area contributed by atoms with E-state index in [2.05, 4.69) is 0 Å². The van der Waals surface area contributed by atoms with E-state index in [9.17, 15) is 127 Å². The molecule has 0 fully saturated rings. The fraction of sp³-hybridized carbons (Fsp3) is 0.125. The molecule has 0 saturated carbocycles. The number of aliphatic hydroxyl groups is 6. The Balaban J connectivity index is 2.05. The second-order valence-corrected chi connectivity index (χ2v) is 17.0. The van der Waals surface area contributed by atoms with Crippen molar-refractivity contribution in [3.63, 3.8) is 0 Å². The Hall–Kier alpha value is -10.5. The standard InChI is InChI=1S/C48H38O30/c49-13-44(74,38(68)14-1-20(50)32(62)21(51)2-14)46(76,41(71)17-7-26(56)35(65)27(57)8-17)48(78,43(73)19-11-30(60)37(67)31(61)12-19)47(77,42(72)18-9-28(58)36(66)29(59)10-18)45(75,39(69)15-3-22(52)33(63)23(53)4-15)40(70)16-5-24(54)34(64)25(55)6-16/h1-12,49-67,74-78H,13H2/t44-,46-,47-,48-/m0/s1. The summed E-state index contributed by atoms with van der Waals surface area (Å²) in [6.45, 7) is -2.88. The zero-order valence-corrected chi connectivity index (χ0v) is 38.3. The Morgan fingerprint density at radius 3 is 0.628 bits per heavy atom. The molecule has 0 saturated heterocycles. The molecule has 0 unspecified atom stereocenters. The van der Waals surface area contributed by atoms with Gasteiger partial charge < -0.3 is 123 Å². The first-order valence-corrected chi connectivity index (χ1v) is 21.0. The number of benzene rings is 6. The van der Waals surface area contributed by atoms with Crippen LogP contribution < -0.4 is 0 Å². The van der Waals surface area contributed by atoms with Gasteiger partial charge in [-0.2, -0.15) is 0 Å². The SMILES string of the molecule is O=C(c1cc(O)c(O)c(O)c1)C(O)(C(=O)c1cc(O)c(O)c(O)c1)[C@@](O)(C(=O)c1cc(O)c(O)c(O)c1)[C@](O)(C(=O)c1cc(O)c(O)c(O)c1)[C@](O)(C(=O)c1cc(O)c(O)c(O)c1)[C@](O)(CO)C(=O)c1cc(O)c(O)c(O)c1. The minimum absolute atomic E-state index is 0.00563. The van der Waals surface area contributed by atoms with Gasteiger partial charge in [0.1, 0.15) is 0 Å². The Labute approximate surface area is 429 Å². The van der Waals surface area contributed by atoms with Crippen LogP contribution in [0, 0.1) is 0 Å². The molecule has 0 aliphatic carbocycles. The molecule has 0 amide bonds. The molecular weight excluding hydrogens is 1060 g/mol. The molecule has 0 aromatic heterocycles. The lowest BCUT2D eigenvalue weighted by Gasteiger charge is -2.57. The van der Waals surface area contributed by atoms with Gasteiger partial charge in [-0.25, -0.2) is 0 Å². The van der Waals surface area contributed by atoms with E-state index in [1.54, 1.807) is 0 Å². The number of ketones is 6. The van der Waals surface area contributed by atoms with Crippen molar-refractivity contribution in [2.45, 2.75) is 28.0 Å². The van der Waals surface area contributed by atoms with E-state index >= 15 is 24.0 Å². The summed E-state index contributed by atoms with van der Waals surface area (Å²) in [6.07, 6.45) is 0. The van der Waals surface area contributed by atoms with Crippen molar-refractivity contribution in [2.75, 3.05) is 6.61 Å². The van der Waals surface area contributed by atoms with Crippen LogP contribution in [0.3, 0.4) is 0 Å². The number of hydrogen-bond donors (Lipinski definition) is 24. The molecule has 0 bridgehead atoms. The van der Waals surface area contributed by atoms with E-state index in [0.717, 1.165) is 0 Å². The normalized spacial score (nSPS) is 14.7. The van der Waals surface area contributed by atoms with Crippen molar-refractivity contribution in [3.05, 3.63) is 106 Å². The molecule has 0 aliphatic rings. The number of phenols is 18. The first kappa shape index (κ1) is 56.8. The summed E-state index contributed by atoms with van der Waals surface area (Å²) in [5, 5.41) is 267. The van der Waals surface area contributed by atoms with Crippen molar-refractivity contribution in [1.82, 2.24) is 0 Å². The van der Waals surface area contributed by atoms with E-state index < -0.39 is 206 Å². The van der Waals surface area contributed by atoms with Crippen LogP contribution in [-0.2, 0) is 0 Å². The third-order valence-corrected chi connectivity index (χ3v) is 12.4. The van der Waals surface area contributed by atoms with Crippen molar-refractivity contribution in [2.24, 2.45) is 0 Å². The second kappa shape index (κ2) is 19.0. The number of carbonyl (C=O) groups is 6. The highest BCUT2D eigenvalue weighted by molar-refractivity contribution is 6.31. The van der Waals surface area contributed by atoms with Crippen molar-refractivity contribution >= 4 is 34.7 Å². The fourth-order valence-corrected chi connectivity index (χ4v) is 8.31. The van der Waals surface area contributed by atoms with Gasteiger partial charge >= 0.3 is 0 Å². The van der Waals surface area contributed by atoms with Crippen LogP contribution in [0.25, 0.3) is 0 Å². The molecule has 24 N–H and O–H groups in total. The van der Waals surface area contributed by atoms with Gasteiger partial charge in [-0.3, -0.25) is 28.8 Å². The maximum absolute atomic E-state index is 15.9. The molecule has 0 radical (unpaired) electrons. The molecule has 0 heterocycles. The van der Waals surface area contributed by atoms with Crippen molar-refractivity contribution < 1.29 is 151 Å². The van der Waals surface area contributed by atoms with Crippen molar-refractivity contribution in [1.29, 1.82) is 0 Å². The van der Waals surface area contributed by atoms with Crippen LogP contribution in [0.4, 0.5) is 0 Å². The quantitative estimate of drug-likeness (QED) is 0.0285. The number of phenolic OH excluding ortho intramolecular Hbond substituents is 18. The molecule has 78 heavy (non-hydrogen) atoms. The summed E-state index contributed by atoms with van der Waals surface area (Å²) < 4.78 is 0. The van der Waals surface area contributed by atoms with Crippen molar-refractivity contribution in [3.8, 4) is 103 Å². The fourth-order valence-electron chi connectivity index (χ4n) is 8.31. The lowest BCUT2D eigenvalue weighted by molar-refractivity contribution is -0.256. The summed E-state index contributed by atoms with van der Waals surface area (Å²) in [4.78, 5) is 93.4. The average Bonchev–Trinajstić information content (AvgIpc) is 3.39. The number of carbonyl (C=O) groups excluding carboxylic acids is 6. The van der Waals surface area contributed by atoms with Crippen LogP contribution in [-0.4, -0.2) is 192 Å². The zero-order valence-electron chi connectivity index (χ0n) is 38.3. The van der Waals surface area contributed by atoms with Gasteiger partial charge in [0.15, 0.2) is 109 Å². The lowest BCUT2D eigenvalue weighted by atomic mass is 9.50. The van der Waals surface area contributed by atoms with Gasteiger partial charge in [0.25, 0.3) is 0 Å². The zero-order chi connectivity index (χ0) is 59.0. The molecule has 410 valence electrons. The highest BCUT2D eigenvalue weighted by atomic mass is 16.5. The Morgan fingerprint density at radius 2 is 0.423 bits per heavy atom. The largest absolute Gasteiger partial charge is 0.504 e. The van der Waals surface area contributed by atoms with Crippen LogP contribution in [0.15, 0.2) is 72.8 Å². The highest BCUT2D eigenvalue weighted by Crippen LogP contribution is 2.55. The molecule has 0 aliphatic heterocycles. The molecule has 6 rings (SSSR count). The number of hydrogen-bond acceptors (Lipinski definition) is 30. The molecule has 6 aromatic rings. The van der Waals surface area contributed by atoms with Gasteiger partial charge in [0.05, 0.1) is 6.61 Å². The van der Waals surface area contributed by atoms with Crippen LogP contribution in [0.2, 0.25) is 0 Å². The van der Waals surface area contributed by atoms with Crippen LogP contribution in [0.5, 0.6) is 103 Å². The average molecular weight is 1090 g/mol. The first-order valence-electron chi connectivity index (χ1n) is 21.0. The maximum atomic E-state index is 15.9. The minimum atomic E-state index is -6.30. The Bertz CT molecular complexity index is 3400. The van der Waals surface area contributed by atoms with Crippen LogP contribution >= 0.6 is 0 Å². The lowest BCUT2D eigenvalue weighted by Crippen LogP contribution is -2.90. The summed E-state index contributed by atoms with van der Waals surface area (Å²) in [5.41, 5.74) is -40.7. The Kier molecular flexibility index (Phi) is 13.8. The van der Waals surface area contributed by atoms with Gasteiger partial charge in [0, 0.05) is 33.4 Å². The predicted molar refractivity (Wildman–Crippen MR) is 246 cm³/mol. The summed E-state index contributed by atoms with van der Waals surface area (Å²) >= 11 is 0. The predicted octanol–water partition coefficient (Wildman–Crippen LogP) is -1.37. The van der Waals surface area contributed by atoms with E-state index in [4.69, 9.17) is 0 Å². The number of aromatic hydroxyl groups is 18. The van der Waals surface area contributed by atoms with Gasteiger partial charge in [0.2, 0.25) is 57.1 Å². The topological polar surface area (TPSA) is 588 Å². The van der Waals surface area contributed by atoms with E-state index in [1.807, 2.05) is 0 Å². The van der Waals surface area contributed by atoms with E-state index in [-0.39, 0.29) is 72.8 Å². The second-order valence-electron chi connectivity index (χ2n) is 17.0. The first-order chi connectivity index (χ1) is 35.9. The molecule has 4 atom stereocenters. The monoisotopic (exact) mass is 1090 g/mol. The molecule has 6 aromatic carbocycles. The minimum Gasteiger partial charge on any atom is -0.504 e. The summed E-state index contributed by atoms with van der Waals surface area (Å²) in [5.74, 6) is -48.2. The van der Waals surface area contributed by atoms with E-state index in [0.29, 0.717) is 0 Å². The smallest absolute Gasteiger partial charge is 0.230 e. The number of aliphatic hydroxyl groups excluding tert-OH is 1.